The minimum Gasteiger partial charge on any atom is -0.379 e. The summed E-state index contributed by atoms with van der Waals surface area (Å²) in [6.07, 6.45) is 2.07. The molecule has 6 nitrogen and oxygen atoms in total. The van der Waals surface area contributed by atoms with Crippen LogP contribution in [0.4, 0.5) is 0 Å². The van der Waals surface area contributed by atoms with Gasteiger partial charge < -0.3 is 10.1 Å². The molecule has 1 aromatic carbocycles. The summed E-state index contributed by atoms with van der Waals surface area (Å²) in [4.78, 5) is 15.0. The Morgan fingerprint density at radius 3 is 2.62 bits per heavy atom. The molecule has 1 aliphatic heterocycles. The molecule has 0 unspecified atom stereocenters. The van der Waals surface area contributed by atoms with Gasteiger partial charge in [-0.15, -0.1) is 0 Å². The van der Waals surface area contributed by atoms with Crippen LogP contribution in [0, 0.1) is 13.8 Å². The minimum atomic E-state index is -0.0337. The molecule has 2 heterocycles. The first-order chi connectivity index (χ1) is 12.7. The lowest BCUT2D eigenvalue weighted by atomic mass is 10.1. The smallest absolute Gasteiger partial charge is 0.255 e. The predicted molar refractivity (Wildman–Crippen MR) is 102 cm³/mol. The highest BCUT2D eigenvalue weighted by molar-refractivity contribution is 5.96. The molecule has 1 aliphatic rings. The van der Waals surface area contributed by atoms with Crippen molar-refractivity contribution in [2.24, 2.45) is 0 Å². The molecule has 1 amide bonds. The van der Waals surface area contributed by atoms with Crippen LogP contribution in [-0.4, -0.2) is 60.0 Å². The van der Waals surface area contributed by atoms with E-state index in [-0.39, 0.29) is 5.91 Å². The van der Waals surface area contributed by atoms with E-state index in [2.05, 4.69) is 15.3 Å². The van der Waals surface area contributed by atoms with Crippen LogP contribution in [0.1, 0.15) is 34.6 Å². The lowest BCUT2D eigenvalue weighted by Gasteiger charge is -2.26. The van der Waals surface area contributed by atoms with Gasteiger partial charge in [0, 0.05) is 19.6 Å². The molecule has 0 atom stereocenters. The van der Waals surface area contributed by atoms with Gasteiger partial charge in [-0.2, -0.15) is 5.10 Å². The number of amides is 1. The van der Waals surface area contributed by atoms with Crippen LogP contribution in [0.2, 0.25) is 0 Å². The summed E-state index contributed by atoms with van der Waals surface area (Å²) in [7, 11) is 0. The van der Waals surface area contributed by atoms with E-state index in [1.54, 1.807) is 0 Å². The number of carbonyl (C=O) groups is 1. The second kappa shape index (κ2) is 8.96. The molecule has 0 aliphatic carbocycles. The molecule has 140 valence electrons. The van der Waals surface area contributed by atoms with Crippen molar-refractivity contribution in [3.63, 3.8) is 0 Å². The first-order valence-corrected chi connectivity index (χ1v) is 9.37. The SMILES string of the molecule is Cc1nn(-c2ccccc2)c(C)c1C(=O)NCCCCN1CCOCC1. The van der Waals surface area contributed by atoms with Crippen molar-refractivity contribution in [3.8, 4) is 5.69 Å². The van der Waals surface area contributed by atoms with Gasteiger partial charge in [-0.3, -0.25) is 9.69 Å². The Bertz CT molecular complexity index is 721. The van der Waals surface area contributed by atoms with E-state index in [9.17, 15) is 4.79 Å². The number of unbranched alkanes of at least 4 members (excludes halogenated alkanes) is 1. The fourth-order valence-electron chi connectivity index (χ4n) is 3.37. The number of benzene rings is 1. The second-order valence-corrected chi connectivity index (χ2v) is 6.71. The number of para-hydroxylation sites is 1. The number of aryl methyl sites for hydroxylation is 1. The number of rotatable bonds is 7. The molecule has 3 rings (SSSR count). The van der Waals surface area contributed by atoms with Crippen LogP contribution in [0.15, 0.2) is 30.3 Å². The van der Waals surface area contributed by atoms with Crippen molar-refractivity contribution >= 4 is 5.91 Å². The van der Waals surface area contributed by atoms with Crippen molar-refractivity contribution in [2.75, 3.05) is 39.4 Å². The van der Waals surface area contributed by atoms with Gasteiger partial charge in [0.05, 0.1) is 35.9 Å². The summed E-state index contributed by atoms with van der Waals surface area (Å²) in [6.45, 7) is 9.30. The van der Waals surface area contributed by atoms with Gasteiger partial charge in [-0.1, -0.05) is 18.2 Å². The van der Waals surface area contributed by atoms with Crippen LogP contribution in [0.3, 0.4) is 0 Å². The number of carbonyl (C=O) groups excluding carboxylic acids is 1. The molecule has 0 bridgehead atoms. The normalized spacial score (nSPS) is 15.2. The molecule has 26 heavy (non-hydrogen) atoms. The molecule has 1 aromatic heterocycles. The second-order valence-electron chi connectivity index (χ2n) is 6.71. The van der Waals surface area contributed by atoms with E-state index in [4.69, 9.17) is 4.74 Å². The zero-order chi connectivity index (χ0) is 18.4. The zero-order valence-corrected chi connectivity index (χ0v) is 15.7. The molecule has 1 N–H and O–H groups in total. The van der Waals surface area contributed by atoms with E-state index in [1.165, 1.54) is 0 Å². The summed E-state index contributed by atoms with van der Waals surface area (Å²) >= 11 is 0. The predicted octanol–water partition coefficient (Wildman–Crippen LogP) is 2.33. The molecule has 1 saturated heterocycles. The monoisotopic (exact) mass is 356 g/mol. The Balaban J connectivity index is 1.51. The summed E-state index contributed by atoms with van der Waals surface area (Å²) in [6, 6.07) is 9.90. The first-order valence-electron chi connectivity index (χ1n) is 9.37. The number of aromatic nitrogens is 2. The Labute approximate surface area is 155 Å². The van der Waals surface area contributed by atoms with Crippen molar-refractivity contribution in [3.05, 3.63) is 47.3 Å². The standard InChI is InChI=1S/C20H28N4O2/c1-16-19(17(2)24(22-16)18-8-4-3-5-9-18)20(25)21-10-6-7-11-23-12-14-26-15-13-23/h3-5,8-9H,6-7,10-15H2,1-2H3,(H,21,25). The number of ether oxygens (including phenoxy) is 1. The van der Waals surface area contributed by atoms with Crippen LogP contribution < -0.4 is 5.32 Å². The average Bonchev–Trinajstić information content (AvgIpc) is 2.97. The molecule has 0 spiro atoms. The third-order valence-electron chi connectivity index (χ3n) is 4.81. The van der Waals surface area contributed by atoms with Gasteiger partial charge in [-0.05, 0) is 45.4 Å². The maximum Gasteiger partial charge on any atom is 0.255 e. The molecule has 0 saturated carbocycles. The van der Waals surface area contributed by atoms with Crippen LogP contribution in [-0.2, 0) is 4.74 Å². The van der Waals surface area contributed by atoms with E-state index in [0.29, 0.717) is 12.1 Å². The largest absolute Gasteiger partial charge is 0.379 e. The lowest BCUT2D eigenvalue weighted by Crippen LogP contribution is -2.37. The van der Waals surface area contributed by atoms with Gasteiger partial charge in [0.25, 0.3) is 5.91 Å². The number of nitrogens with one attached hydrogen (secondary N) is 1. The highest BCUT2D eigenvalue weighted by Gasteiger charge is 2.19. The summed E-state index contributed by atoms with van der Waals surface area (Å²) in [5, 5.41) is 7.59. The quantitative estimate of drug-likeness (QED) is 0.774. The van der Waals surface area contributed by atoms with Gasteiger partial charge in [0.15, 0.2) is 0 Å². The number of hydrogen-bond donors (Lipinski definition) is 1. The van der Waals surface area contributed by atoms with E-state index in [1.807, 2.05) is 48.9 Å². The molecule has 6 heteroatoms. The summed E-state index contributed by atoms with van der Waals surface area (Å²) in [5.41, 5.74) is 3.29. The van der Waals surface area contributed by atoms with Crippen LogP contribution in [0.5, 0.6) is 0 Å². The molecular weight excluding hydrogens is 328 g/mol. The van der Waals surface area contributed by atoms with Crippen LogP contribution >= 0.6 is 0 Å². The van der Waals surface area contributed by atoms with Gasteiger partial charge in [0.2, 0.25) is 0 Å². The number of nitrogens with zero attached hydrogens (tertiary/aromatic N) is 3. The third-order valence-corrected chi connectivity index (χ3v) is 4.81. The summed E-state index contributed by atoms with van der Waals surface area (Å²) in [5.74, 6) is -0.0337. The highest BCUT2D eigenvalue weighted by Crippen LogP contribution is 2.17. The first kappa shape index (κ1) is 18.6. The van der Waals surface area contributed by atoms with E-state index >= 15 is 0 Å². The molecule has 2 aromatic rings. The molecule has 0 radical (unpaired) electrons. The van der Waals surface area contributed by atoms with Crippen molar-refractivity contribution in [1.82, 2.24) is 20.0 Å². The Morgan fingerprint density at radius 2 is 1.88 bits per heavy atom. The van der Waals surface area contributed by atoms with Crippen molar-refractivity contribution < 1.29 is 9.53 Å². The maximum atomic E-state index is 12.6. The van der Waals surface area contributed by atoms with E-state index < -0.39 is 0 Å². The minimum absolute atomic E-state index is 0.0337. The Morgan fingerprint density at radius 1 is 1.15 bits per heavy atom. The average molecular weight is 356 g/mol. The van der Waals surface area contributed by atoms with Gasteiger partial charge >= 0.3 is 0 Å². The van der Waals surface area contributed by atoms with Crippen molar-refractivity contribution in [2.45, 2.75) is 26.7 Å². The summed E-state index contributed by atoms with van der Waals surface area (Å²) < 4.78 is 7.19. The maximum absolute atomic E-state index is 12.6. The molecular formula is C20H28N4O2. The number of hydrogen-bond acceptors (Lipinski definition) is 4. The van der Waals surface area contributed by atoms with E-state index in [0.717, 1.165) is 62.8 Å². The fourth-order valence-corrected chi connectivity index (χ4v) is 3.37. The fraction of sp³-hybridized carbons (Fsp3) is 0.500. The molecule has 1 fully saturated rings. The topological polar surface area (TPSA) is 59.4 Å². The highest BCUT2D eigenvalue weighted by atomic mass is 16.5. The van der Waals surface area contributed by atoms with Crippen LogP contribution in [0.25, 0.3) is 5.69 Å². The third kappa shape index (κ3) is 4.51. The van der Waals surface area contributed by atoms with Crippen molar-refractivity contribution in [1.29, 1.82) is 0 Å². The Kier molecular flexibility index (Phi) is 6.41. The Hall–Kier alpha value is -2.18. The zero-order valence-electron chi connectivity index (χ0n) is 15.7. The van der Waals surface area contributed by atoms with Gasteiger partial charge in [0.1, 0.15) is 0 Å². The van der Waals surface area contributed by atoms with Gasteiger partial charge in [-0.25, -0.2) is 4.68 Å². The number of morpholine rings is 1. The lowest BCUT2D eigenvalue weighted by molar-refractivity contribution is 0.0372.